The summed E-state index contributed by atoms with van der Waals surface area (Å²) in [6.45, 7) is 7.64. The van der Waals surface area contributed by atoms with Crippen molar-refractivity contribution in [3.05, 3.63) is 62.3 Å². The van der Waals surface area contributed by atoms with E-state index >= 15 is 0 Å². The van der Waals surface area contributed by atoms with E-state index in [9.17, 15) is 14.9 Å². The zero-order valence-corrected chi connectivity index (χ0v) is 24.0. The number of nitriles is 1. The van der Waals surface area contributed by atoms with Crippen LogP contribution in [0, 0.1) is 18.3 Å². The summed E-state index contributed by atoms with van der Waals surface area (Å²) < 4.78 is 2.13. The van der Waals surface area contributed by atoms with Crippen molar-refractivity contribution in [3.63, 3.8) is 0 Å². The second-order valence-electron chi connectivity index (χ2n) is 9.77. The topological polar surface area (TPSA) is 72.6 Å². The molecule has 2 aliphatic rings. The summed E-state index contributed by atoms with van der Waals surface area (Å²) in [6, 6.07) is 12.4. The number of hydrogen-bond donors (Lipinski definition) is 0. The molecule has 9 heteroatoms. The average Bonchev–Trinajstić information content (AvgIpc) is 3.20. The van der Waals surface area contributed by atoms with Crippen molar-refractivity contribution in [2.45, 2.75) is 46.0 Å². The minimum Gasteiger partial charge on any atom is -0.368 e. The minimum atomic E-state index is -0.317. The Morgan fingerprint density at radius 3 is 2.34 bits per heavy atom. The summed E-state index contributed by atoms with van der Waals surface area (Å²) in [4.78, 5) is 33.2. The molecule has 200 valence electrons. The van der Waals surface area contributed by atoms with E-state index in [0.29, 0.717) is 34.4 Å². The van der Waals surface area contributed by atoms with E-state index in [4.69, 9.17) is 12.2 Å². The molecule has 3 heterocycles. The van der Waals surface area contributed by atoms with Crippen LogP contribution >= 0.6 is 24.0 Å². The summed E-state index contributed by atoms with van der Waals surface area (Å²) in [7, 11) is 1.71. The first-order valence-corrected chi connectivity index (χ1v) is 14.5. The largest absolute Gasteiger partial charge is 0.368 e. The number of pyridine rings is 1. The van der Waals surface area contributed by atoms with Crippen molar-refractivity contribution in [3.8, 4) is 6.07 Å². The van der Waals surface area contributed by atoms with Gasteiger partial charge in [0, 0.05) is 51.0 Å². The third-order valence-electron chi connectivity index (χ3n) is 7.30. The predicted molar refractivity (Wildman–Crippen MR) is 161 cm³/mol. The molecule has 0 atom stereocenters. The molecule has 2 aromatic rings. The van der Waals surface area contributed by atoms with Gasteiger partial charge in [0.05, 0.1) is 4.91 Å². The van der Waals surface area contributed by atoms with Crippen LogP contribution in [-0.4, -0.2) is 52.4 Å². The fourth-order valence-electron chi connectivity index (χ4n) is 5.11. The highest BCUT2D eigenvalue weighted by Gasteiger charge is 2.33. The molecule has 0 aliphatic carbocycles. The fraction of sp³-hybridized carbons (Fsp3) is 0.448. The summed E-state index contributed by atoms with van der Waals surface area (Å²) in [5.74, 6) is 0.645. The maximum atomic E-state index is 13.3. The zero-order valence-electron chi connectivity index (χ0n) is 22.4. The van der Waals surface area contributed by atoms with Crippen LogP contribution in [0.4, 0.5) is 11.5 Å². The van der Waals surface area contributed by atoms with Gasteiger partial charge in [-0.05, 0) is 37.1 Å². The highest BCUT2D eigenvalue weighted by atomic mass is 32.2. The molecular weight excluding hydrogens is 514 g/mol. The lowest BCUT2D eigenvalue weighted by Gasteiger charge is -2.38. The predicted octanol–water partition coefficient (Wildman–Crippen LogP) is 5.06. The van der Waals surface area contributed by atoms with Gasteiger partial charge in [0.2, 0.25) is 0 Å². The monoisotopic (exact) mass is 549 g/mol. The van der Waals surface area contributed by atoms with Crippen molar-refractivity contribution in [2.24, 2.45) is 7.05 Å². The van der Waals surface area contributed by atoms with Gasteiger partial charge >= 0.3 is 0 Å². The number of benzene rings is 1. The quantitative estimate of drug-likeness (QED) is 0.246. The molecule has 38 heavy (non-hydrogen) atoms. The summed E-state index contributed by atoms with van der Waals surface area (Å²) in [5.41, 5.74) is 2.30. The third-order valence-corrected chi connectivity index (χ3v) is 8.68. The average molecular weight is 550 g/mol. The van der Waals surface area contributed by atoms with E-state index in [2.05, 4.69) is 34.9 Å². The third kappa shape index (κ3) is 5.82. The van der Waals surface area contributed by atoms with Crippen molar-refractivity contribution in [1.82, 2.24) is 9.47 Å². The minimum absolute atomic E-state index is 0.0953. The van der Waals surface area contributed by atoms with Gasteiger partial charge in [-0.15, -0.1) is 0 Å². The van der Waals surface area contributed by atoms with Gasteiger partial charge in [-0.2, -0.15) is 5.26 Å². The molecule has 0 saturated carbocycles. The maximum Gasteiger partial charge on any atom is 0.270 e. The molecule has 1 aromatic carbocycles. The van der Waals surface area contributed by atoms with Crippen molar-refractivity contribution in [1.29, 1.82) is 5.26 Å². The Kier molecular flexibility index (Phi) is 9.29. The van der Waals surface area contributed by atoms with E-state index in [1.54, 1.807) is 23.4 Å². The fourth-order valence-corrected chi connectivity index (χ4v) is 6.40. The van der Waals surface area contributed by atoms with Crippen LogP contribution in [0.2, 0.25) is 0 Å². The van der Waals surface area contributed by atoms with Gasteiger partial charge < -0.3 is 9.80 Å². The highest BCUT2D eigenvalue weighted by molar-refractivity contribution is 8.26. The molecule has 0 spiro atoms. The maximum absolute atomic E-state index is 13.3. The summed E-state index contributed by atoms with van der Waals surface area (Å²) in [6.07, 6.45) is 7.38. The first kappa shape index (κ1) is 27.9. The number of thiocarbonyl (C=S) groups is 1. The van der Waals surface area contributed by atoms with Crippen LogP contribution in [0.15, 0.2) is 40.0 Å². The molecule has 1 amide bonds. The molecule has 2 saturated heterocycles. The number of rotatable bonds is 9. The smallest absolute Gasteiger partial charge is 0.270 e. The van der Waals surface area contributed by atoms with E-state index in [1.807, 2.05) is 24.3 Å². The van der Waals surface area contributed by atoms with Gasteiger partial charge in [0.1, 0.15) is 21.8 Å². The molecule has 2 aliphatic heterocycles. The standard InChI is InChI=1S/C29H35N5O2S2/c1-4-5-6-7-11-14-34-28(36)25(38-29(34)37)19-23-21(2)24(20-30)27(35)31(3)26(23)33-17-15-32(16-18-33)22-12-9-8-10-13-22/h8-10,12-13,19H,4-7,11,14-18H2,1-3H3/b25-19+. The van der Waals surface area contributed by atoms with Crippen LogP contribution in [0.3, 0.4) is 0 Å². The number of para-hydroxylation sites is 1. The lowest BCUT2D eigenvalue weighted by atomic mass is 10.0. The number of aromatic nitrogens is 1. The van der Waals surface area contributed by atoms with Crippen molar-refractivity contribution >= 4 is 51.8 Å². The Hall–Kier alpha value is -3.09. The molecule has 0 radical (unpaired) electrons. The molecule has 0 N–H and O–H groups in total. The Balaban J connectivity index is 1.63. The second kappa shape index (κ2) is 12.6. The molecular formula is C29H35N5O2S2. The van der Waals surface area contributed by atoms with Gasteiger partial charge in [0.15, 0.2) is 0 Å². The number of anilines is 2. The number of hydrogen-bond acceptors (Lipinski definition) is 7. The van der Waals surface area contributed by atoms with Crippen molar-refractivity contribution < 1.29 is 4.79 Å². The molecule has 2 fully saturated rings. The second-order valence-corrected chi connectivity index (χ2v) is 11.4. The lowest BCUT2D eigenvalue weighted by molar-refractivity contribution is -0.122. The van der Waals surface area contributed by atoms with Gasteiger partial charge in [-0.3, -0.25) is 19.1 Å². The van der Waals surface area contributed by atoms with Gasteiger partial charge in [-0.1, -0.05) is 74.8 Å². The van der Waals surface area contributed by atoms with Crippen LogP contribution in [-0.2, 0) is 11.8 Å². The van der Waals surface area contributed by atoms with Crippen molar-refractivity contribution in [2.75, 3.05) is 42.5 Å². The number of piperazine rings is 1. The Morgan fingerprint density at radius 2 is 1.68 bits per heavy atom. The number of carbonyl (C=O) groups excluding carboxylic acids is 1. The van der Waals surface area contributed by atoms with E-state index < -0.39 is 0 Å². The number of unbranched alkanes of at least 4 members (excludes halogenated alkanes) is 4. The van der Waals surface area contributed by atoms with E-state index in [1.165, 1.54) is 30.3 Å². The summed E-state index contributed by atoms with van der Waals surface area (Å²) >= 11 is 6.86. The van der Waals surface area contributed by atoms with Crippen LogP contribution in [0.1, 0.15) is 55.7 Å². The zero-order chi connectivity index (χ0) is 27.2. The first-order valence-electron chi connectivity index (χ1n) is 13.3. The van der Waals surface area contributed by atoms with E-state index in [0.717, 1.165) is 43.7 Å². The molecule has 0 bridgehead atoms. The highest BCUT2D eigenvalue weighted by Crippen LogP contribution is 2.36. The Labute approximate surface area is 234 Å². The number of amides is 1. The molecule has 0 unspecified atom stereocenters. The Morgan fingerprint density at radius 1 is 1.03 bits per heavy atom. The SMILES string of the molecule is CCCCCCCN1C(=O)/C(=C\c2c(C)c(C#N)c(=O)n(C)c2N2CCN(c3ccccc3)CC2)SC1=S. The van der Waals surface area contributed by atoms with Gasteiger partial charge in [-0.25, -0.2) is 0 Å². The van der Waals surface area contributed by atoms with E-state index in [-0.39, 0.29) is 17.0 Å². The van der Waals surface area contributed by atoms with Crippen LogP contribution in [0.25, 0.3) is 6.08 Å². The number of nitrogens with zero attached hydrogens (tertiary/aromatic N) is 5. The molecule has 4 rings (SSSR count). The molecule has 1 aromatic heterocycles. The summed E-state index contributed by atoms with van der Waals surface area (Å²) in [5, 5.41) is 9.76. The Bertz CT molecular complexity index is 1320. The first-order chi connectivity index (χ1) is 18.4. The van der Waals surface area contributed by atoms with Crippen LogP contribution < -0.4 is 15.4 Å². The van der Waals surface area contributed by atoms with Crippen LogP contribution in [0.5, 0.6) is 0 Å². The molecule has 7 nitrogen and oxygen atoms in total. The number of carbonyl (C=O) groups is 1. The normalized spacial score (nSPS) is 17.0. The van der Waals surface area contributed by atoms with Gasteiger partial charge in [0.25, 0.3) is 11.5 Å². The number of thioether (sulfide) groups is 1. The lowest BCUT2D eigenvalue weighted by Crippen LogP contribution is -2.48.